The lowest BCUT2D eigenvalue weighted by Gasteiger charge is -2.19. The molecule has 31 heavy (non-hydrogen) atoms. The molecule has 0 aliphatic rings. The number of para-hydroxylation sites is 2. The van der Waals surface area contributed by atoms with E-state index in [9.17, 15) is 4.57 Å². The van der Waals surface area contributed by atoms with Crippen molar-refractivity contribution >= 4 is 13.0 Å². The van der Waals surface area contributed by atoms with E-state index in [1.807, 2.05) is 73.7 Å². The zero-order chi connectivity index (χ0) is 21.7. The highest BCUT2D eigenvalue weighted by molar-refractivity contribution is 7.62. The van der Waals surface area contributed by atoms with Crippen LogP contribution in [-0.2, 0) is 11.1 Å². The van der Waals surface area contributed by atoms with Gasteiger partial charge in [0.25, 0.3) is 0 Å². The first-order chi connectivity index (χ1) is 15.1. The molecule has 0 bridgehead atoms. The molecule has 0 saturated heterocycles. The molecule has 0 unspecified atom stereocenters. The molecule has 0 aliphatic carbocycles. The molecule has 0 saturated carbocycles. The molecule has 0 N–H and O–H groups in total. The van der Waals surface area contributed by atoms with E-state index in [1.165, 1.54) is 0 Å². The first-order valence-electron chi connectivity index (χ1n) is 10.3. The molecule has 1 aromatic heterocycles. The number of benzene rings is 3. The number of hydrogen-bond donors (Lipinski definition) is 0. The fraction of sp³-hybridized carbons (Fsp3) is 0.160. The molecule has 0 fully saturated rings. The molecule has 4 aromatic rings. The summed E-state index contributed by atoms with van der Waals surface area (Å²) in [7, 11) is -3.84. The predicted molar refractivity (Wildman–Crippen MR) is 124 cm³/mol. The van der Waals surface area contributed by atoms with Crippen LogP contribution in [0.4, 0.5) is 0 Å². The van der Waals surface area contributed by atoms with Crippen molar-refractivity contribution in [1.82, 2.24) is 9.55 Å². The Morgan fingerprint density at radius 1 is 0.806 bits per heavy atom. The van der Waals surface area contributed by atoms with Crippen molar-refractivity contribution in [2.45, 2.75) is 26.8 Å². The van der Waals surface area contributed by atoms with E-state index in [2.05, 4.69) is 11.5 Å². The number of rotatable bonds is 8. The molecule has 3 aromatic carbocycles. The smallest absolute Gasteiger partial charge is 0.412 e. The van der Waals surface area contributed by atoms with Crippen LogP contribution in [0.5, 0.6) is 11.5 Å². The van der Waals surface area contributed by atoms with Crippen LogP contribution in [0.1, 0.15) is 19.0 Å². The number of imidazole rings is 1. The van der Waals surface area contributed by atoms with E-state index in [0.717, 1.165) is 30.0 Å². The van der Waals surface area contributed by atoms with Crippen molar-refractivity contribution < 1.29 is 13.6 Å². The van der Waals surface area contributed by atoms with Gasteiger partial charge in [-0.15, -0.1) is 0 Å². The maximum atomic E-state index is 14.3. The van der Waals surface area contributed by atoms with Crippen molar-refractivity contribution in [3.05, 3.63) is 96.7 Å². The molecular weight excluding hydrogens is 407 g/mol. The molecular formula is C25H25N2O3P. The second kappa shape index (κ2) is 9.23. The molecule has 1 heterocycles. The fourth-order valence-electron chi connectivity index (χ4n) is 3.43. The van der Waals surface area contributed by atoms with Gasteiger partial charge in [0, 0.05) is 12.1 Å². The Bertz CT molecular complexity index is 1130. The second-order valence-electron chi connectivity index (χ2n) is 7.17. The van der Waals surface area contributed by atoms with Crippen LogP contribution in [0.15, 0.2) is 91.0 Å². The van der Waals surface area contributed by atoms with Crippen molar-refractivity contribution in [1.29, 1.82) is 0 Å². The maximum absolute atomic E-state index is 14.3. The van der Waals surface area contributed by atoms with Gasteiger partial charge < -0.3 is 13.6 Å². The highest BCUT2D eigenvalue weighted by Gasteiger charge is 2.38. The number of aromatic nitrogens is 2. The average molecular weight is 432 g/mol. The van der Waals surface area contributed by atoms with Gasteiger partial charge in [0.1, 0.15) is 17.3 Å². The first-order valence-corrected chi connectivity index (χ1v) is 11.9. The number of hydrogen-bond acceptors (Lipinski definition) is 4. The van der Waals surface area contributed by atoms with E-state index in [4.69, 9.17) is 14.0 Å². The van der Waals surface area contributed by atoms with Gasteiger partial charge in [-0.05, 0) is 37.6 Å². The highest BCUT2D eigenvalue weighted by atomic mass is 31.2. The Hall–Kier alpha value is -3.30. The molecule has 0 spiro atoms. The molecule has 0 aliphatic heterocycles. The molecule has 0 radical (unpaired) electrons. The summed E-state index contributed by atoms with van der Waals surface area (Å²) >= 11 is 0. The van der Waals surface area contributed by atoms with E-state index in [0.29, 0.717) is 16.9 Å². The Labute approximate surface area is 182 Å². The van der Waals surface area contributed by atoms with E-state index >= 15 is 0 Å². The maximum Gasteiger partial charge on any atom is 0.483 e. The van der Waals surface area contributed by atoms with Gasteiger partial charge in [-0.1, -0.05) is 73.7 Å². The Balaban J connectivity index is 1.85. The predicted octanol–water partition coefficient (Wildman–Crippen LogP) is 6.24. The van der Waals surface area contributed by atoms with Gasteiger partial charge in [0.15, 0.2) is 5.44 Å². The van der Waals surface area contributed by atoms with Crippen LogP contribution in [-0.4, -0.2) is 9.55 Å². The van der Waals surface area contributed by atoms with Crippen LogP contribution < -0.4 is 14.5 Å². The third kappa shape index (κ3) is 4.57. The minimum atomic E-state index is -3.84. The summed E-state index contributed by atoms with van der Waals surface area (Å²) in [6.45, 7) is 4.77. The zero-order valence-corrected chi connectivity index (χ0v) is 18.5. The molecule has 5 nitrogen and oxygen atoms in total. The molecule has 4 rings (SSSR count). The van der Waals surface area contributed by atoms with Crippen LogP contribution in [0.2, 0.25) is 0 Å². The summed E-state index contributed by atoms with van der Waals surface area (Å²) in [5.41, 5.74) is 2.06. The second-order valence-corrected chi connectivity index (χ2v) is 8.95. The monoisotopic (exact) mass is 432 g/mol. The molecule has 0 atom stereocenters. The van der Waals surface area contributed by atoms with Gasteiger partial charge in [-0.2, -0.15) is 0 Å². The van der Waals surface area contributed by atoms with Crippen LogP contribution in [0, 0.1) is 6.92 Å². The van der Waals surface area contributed by atoms with Crippen LogP contribution >= 0.6 is 7.60 Å². The lowest BCUT2D eigenvalue weighted by Crippen LogP contribution is -2.19. The highest BCUT2D eigenvalue weighted by Crippen LogP contribution is 2.48. The van der Waals surface area contributed by atoms with Crippen molar-refractivity contribution in [3.8, 4) is 22.9 Å². The van der Waals surface area contributed by atoms with Crippen LogP contribution in [0.25, 0.3) is 11.4 Å². The van der Waals surface area contributed by atoms with Crippen molar-refractivity contribution in [2.24, 2.45) is 0 Å². The lowest BCUT2D eigenvalue weighted by molar-refractivity contribution is 0.398. The van der Waals surface area contributed by atoms with E-state index in [1.54, 1.807) is 24.3 Å². The topological polar surface area (TPSA) is 53.4 Å². The largest absolute Gasteiger partial charge is 0.483 e. The minimum Gasteiger partial charge on any atom is -0.412 e. The number of nitrogens with zero attached hydrogens (tertiary/aromatic N) is 2. The summed E-state index contributed by atoms with van der Waals surface area (Å²) in [6.07, 6.45) is 0.917. The summed E-state index contributed by atoms with van der Waals surface area (Å²) in [5, 5.41) is 0. The fourth-order valence-corrected chi connectivity index (χ4v) is 5.17. The van der Waals surface area contributed by atoms with Gasteiger partial charge in [-0.3, -0.25) is 0 Å². The van der Waals surface area contributed by atoms with Gasteiger partial charge in [0.2, 0.25) is 0 Å². The SMILES string of the molecule is CCCn1c(-c2ccccc2)nc(P(=O)(Oc2ccccc2)Oc2ccccc2)c1C. The summed E-state index contributed by atoms with van der Waals surface area (Å²) < 4.78 is 28.4. The normalized spacial score (nSPS) is 11.3. The van der Waals surface area contributed by atoms with Gasteiger partial charge in [-0.25, -0.2) is 9.55 Å². The van der Waals surface area contributed by atoms with Gasteiger partial charge in [0.05, 0.1) is 5.69 Å². The van der Waals surface area contributed by atoms with Crippen molar-refractivity contribution in [2.75, 3.05) is 0 Å². The van der Waals surface area contributed by atoms with Crippen molar-refractivity contribution in [3.63, 3.8) is 0 Å². The lowest BCUT2D eigenvalue weighted by atomic mass is 10.2. The molecule has 158 valence electrons. The average Bonchev–Trinajstić information content (AvgIpc) is 3.13. The zero-order valence-electron chi connectivity index (χ0n) is 17.6. The molecule has 0 amide bonds. The Morgan fingerprint density at radius 3 is 1.77 bits per heavy atom. The van der Waals surface area contributed by atoms with Crippen LogP contribution in [0.3, 0.4) is 0 Å². The summed E-state index contributed by atoms with van der Waals surface area (Å²) in [5.74, 6) is 1.68. The first kappa shape index (κ1) is 21.0. The van der Waals surface area contributed by atoms with E-state index < -0.39 is 7.60 Å². The third-order valence-corrected chi connectivity index (χ3v) is 6.72. The Kier molecular flexibility index (Phi) is 6.24. The molecule has 6 heteroatoms. The third-order valence-electron chi connectivity index (χ3n) is 4.87. The van der Waals surface area contributed by atoms with Gasteiger partial charge >= 0.3 is 7.60 Å². The standard InChI is InChI=1S/C25H25N2O3P/c1-3-19-27-20(2)25(26-24(27)21-13-7-4-8-14-21)31(28,29-22-15-9-5-10-16-22)30-23-17-11-6-12-18-23/h4-18H,3,19H2,1-2H3. The quantitative estimate of drug-likeness (QED) is 0.309. The summed E-state index contributed by atoms with van der Waals surface area (Å²) in [6, 6.07) is 28.0. The minimum absolute atomic E-state index is 0.326. The summed E-state index contributed by atoms with van der Waals surface area (Å²) in [4.78, 5) is 4.81. The Morgan fingerprint density at radius 2 is 1.29 bits per heavy atom. The van der Waals surface area contributed by atoms with E-state index in [-0.39, 0.29) is 0 Å².